The lowest BCUT2D eigenvalue weighted by molar-refractivity contribution is -0.119. The van der Waals surface area contributed by atoms with Gasteiger partial charge in [-0.05, 0) is 6.07 Å². The summed E-state index contributed by atoms with van der Waals surface area (Å²) in [5, 5.41) is 6.25. The van der Waals surface area contributed by atoms with Crippen LogP contribution in [-0.2, 0) is 16.6 Å². The van der Waals surface area contributed by atoms with E-state index in [0.717, 1.165) is 16.5 Å². The van der Waals surface area contributed by atoms with E-state index in [1.807, 2.05) is 42.1 Å². The molecule has 1 N–H and O–H groups in total. The molecule has 0 bridgehead atoms. The highest BCUT2D eigenvalue weighted by Crippen LogP contribution is 2.32. The highest BCUT2D eigenvalue weighted by molar-refractivity contribution is 7.10. The van der Waals surface area contributed by atoms with E-state index in [4.69, 9.17) is 4.74 Å². The van der Waals surface area contributed by atoms with Crippen LogP contribution in [0.25, 0.3) is 10.9 Å². The van der Waals surface area contributed by atoms with Gasteiger partial charge in [0.15, 0.2) is 5.69 Å². The fourth-order valence-electron chi connectivity index (χ4n) is 2.70. The van der Waals surface area contributed by atoms with Gasteiger partial charge < -0.3 is 14.6 Å². The van der Waals surface area contributed by atoms with Gasteiger partial charge in [0.25, 0.3) is 0 Å². The molecule has 3 rings (SSSR count). The van der Waals surface area contributed by atoms with Crippen LogP contribution in [0.5, 0.6) is 0 Å². The van der Waals surface area contributed by atoms with Gasteiger partial charge in [-0.3, -0.25) is 4.79 Å². The molecule has 6 nitrogen and oxygen atoms in total. The van der Waals surface area contributed by atoms with Crippen LogP contribution in [0.1, 0.15) is 34.0 Å². The zero-order valence-corrected chi connectivity index (χ0v) is 14.4. The number of hydrogen-bond donors (Lipinski definition) is 1. The van der Waals surface area contributed by atoms with Crippen LogP contribution < -0.4 is 5.32 Å². The SMILES string of the molecule is COC(=O)c1csc(C(NC(C)=O)c2cn(C)c3ccccc23)n1. The highest BCUT2D eigenvalue weighted by Gasteiger charge is 2.24. The monoisotopic (exact) mass is 343 g/mol. The Hall–Kier alpha value is -2.67. The van der Waals surface area contributed by atoms with E-state index in [9.17, 15) is 9.59 Å². The zero-order valence-electron chi connectivity index (χ0n) is 13.6. The van der Waals surface area contributed by atoms with Crippen molar-refractivity contribution in [1.82, 2.24) is 14.9 Å². The molecule has 124 valence electrons. The maximum absolute atomic E-state index is 11.7. The molecule has 3 aromatic rings. The molecule has 2 aromatic heterocycles. The van der Waals surface area contributed by atoms with Crippen molar-refractivity contribution in [2.24, 2.45) is 7.05 Å². The summed E-state index contributed by atoms with van der Waals surface area (Å²) < 4.78 is 6.71. The van der Waals surface area contributed by atoms with Crippen LogP contribution in [0, 0.1) is 0 Å². The van der Waals surface area contributed by atoms with Crippen molar-refractivity contribution in [3.63, 3.8) is 0 Å². The number of esters is 1. The second kappa shape index (κ2) is 6.45. The van der Waals surface area contributed by atoms with Crippen molar-refractivity contribution < 1.29 is 14.3 Å². The topological polar surface area (TPSA) is 73.2 Å². The highest BCUT2D eigenvalue weighted by atomic mass is 32.1. The Labute approximate surface area is 143 Å². The third-order valence-corrected chi connectivity index (χ3v) is 4.66. The van der Waals surface area contributed by atoms with Gasteiger partial charge in [0.05, 0.1) is 7.11 Å². The van der Waals surface area contributed by atoms with Crippen molar-refractivity contribution in [3.8, 4) is 0 Å². The van der Waals surface area contributed by atoms with Crippen molar-refractivity contribution in [2.75, 3.05) is 7.11 Å². The Morgan fingerprint density at radius 2 is 2.08 bits per heavy atom. The molecule has 1 atom stereocenters. The van der Waals surface area contributed by atoms with Crippen LogP contribution in [0.2, 0.25) is 0 Å². The first kappa shape index (κ1) is 16.2. The molecule has 0 saturated heterocycles. The Kier molecular flexibility index (Phi) is 4.35. The Bertz CT molecular complexity index is 913. The lowest BCUT2D eigenvalue weighted by Gasteiger charge is -2.15. The van der Waals surface area contributed by atoms with Crippen LogP contribution in [0.3, 0.4) is 0 Å². The number of carbonyl (C=O) groups excluding carboxylic acids is 2. The molecule has 1 aromatic carbocycles. The molecule has 2 heterocycles. The largest absolute Gasteiger partial charge is 0.464 e. The third-order valence-electron chi connectivity index (χ3n) is 3.75. The van der Waals surface area contributed by atoms with Crippen LogP contribution in [-0.4, -0.2) is 28.5 Å². The molecule has 0 aliphatic heterocycles. The average molecular weight is 343 g/mol. The summed E-state index contributed by atoms with van der Waals surface area (Å²) in [6.07, 6.45) is 1.98. The second-order valence-corrected chi connectivity index (χ2v) is 6.30. The number of fused-ring (bicyclic) bond motifs is 1. The van der Waals surface area contributed by atoms with Crippen LogP contribution in [0.4, 0.5) is 0 Å². The first-order valence-corrected chi connectivity index (χ1v) is 8.24. The van der Waals surface area contributed by atoms with Crippen LogP contribution in [0.15, 0.2) is 35.8 Å². The first-order chi connectivity index (χ1) is 11.5. The first-order valence-electron chi connectivity index (χ1n) is 7.36. The van der Waals surface area contributed by atoms with E-state index in [2.05, 4.69) is 10.3 Å². The molecule has 24 heavy (non-hydrogen) atoms. The molecule has 0 fully saturated rings. The van der Waals surface area contributed by atoms with Gasteiger partial charge in [0.2, 0.25) is 5.91 Å². The third kappa shape index (κ3) is 2.90. The predicted molar refractivity (Wildman–Crippen MR) is 92.0 cm³/mol. The minimum absolute atomic E-state index is 0.164. The standard InChI is InChI=1S/C17H17N3O3S/c1-10(21)18-15(16-19-13(9-24-16)17(22)23-3)12-8-20(2)14-7-5-4-6-11(12)14/h4-9,15H,1-3H3,(H,18,21). The summed E-state index contributed by atoms with van der Waals surface area (Å²) in [6, 6.07) is 7.54. The molecule has 1 amide bonds. The Morgan fingerprint density at radius 1 is 1.33 bits per heavy atom. The zero-order chi connectivity index (χ0) is 17.3. The lowest BCUT2D eigenvalue weighted by atomic mass is 10.1. The number of methoxy groups -OCH3 is 1. The number of rotatable bonds is 4. The van der Waals surface area contributed by atoms with Gasteiger partial charge in [-0.25, -0.2) is 9.78 Å². The number of aromatic nitrogens is 2. The maximum atomic E-state index is 11.7. The molecule has 0 radical (unpaired) electrons. The van der Waals surface area contributed by atoms with Crippen LogP contribution >= 0.6 is 11.3 Å². The van der Waals surface area contributed by atoms with E-state index in [1.54, 1.807) is 5.38 Å². The van der Waals surface area contributed by atoms with Gasteiger partial charge in [0, 0.05) is 42.0 Å². The second-order valence-electron chi connectivity index (χ2n) is 5.41. The number of carbonyl (C=O) groups is 2. The number of nitrogens with one attached hydrogen (secondary N) is 1. The van der Waals surface area contributed by atoms with E-state index in [-0.39, 0.29) is 11.6 Å². The number of ether oxygens (including phenoxy) is 1. The van der Waals surface area contributed by atoms with Gasteiger partial charge in [0.1, 0.15) is 11.0 Å². The molecule has 0 aliphatic carbocycles. The molecule has 7 heteroatoms. The maximum Gasteiger partial charge on any atom is 0.357 e. The van der Waals surface area contributed by atoms with Crippen molar-refractivity contribution >= 4 is 34.1 Å². The number of nitrogens with zero attached hydrogens (tertiary/aromatic N) is 2. The lowest BCUT2D eigenvalue weighted by Crippen LogP contribution is -2.26. The van der Waals surface area contributed by atoms with Gasteiger partial charge in [-0.15, -0.1) is 11.3 Å². The van der Waals surface area contributed by atoms with Gasteiger partial charge >= 0.3 is 5.97 Å². The minimum atomic E-state index is -0.489. The normalized spacial score (nSPS) is 12.1. The van der Waals surface area contributed by atoms with Gasteiger partial charge in [-0.2, -0.15) is 0 Å². The predicted octanol–water partition coefficient (Wildman–Crippen LogP) is 2.65. The van der Waals surface area contributed by atoms with E-state index >= 15 is 0 Å². The number of benzene rings is 1. The summed E-state index contributed by atoms with van der Waals surface area (Å²) in [6.45, 7) is 1.47. The number of hydrogen-bond acceptors (Lipinski definition) is 5. The molecular formula is C17H17N3O3S. The van der Waals surface area contributed by atoms with Gasteiger partial charge in [-0.1, -0.05) is 18.2 Å². The van der Waals surface area contributed by atoms with Crippen molar-refractivity contribution in [1.29, 1.82) is 0 Å². The van der Waals surface area contributed by atoms with Crippen molar-refractivity contribution in [2.45, 2.75) is 13.0 Å². The minimum Gasteiger partial charge on any atom is -0.464 e. The smallest absolute Gasteiger partial charge is 0.357 e. The summed E-state index contributed by atoms with van der Waals surface area (Å²) in [7, 11) is 3.27. The van der Waals surface area contributed by atoms with E-state index < -0.39 is 12.0 Å². The molecular weight excluding hydrogens is 326 g/mol. The average Bonchev–Trinajstić information content (AvgIpc) is 3.18. The number of amides is 1. The van der Waals surface area contributed by atoms with E-state index in [1.165, 1.54) is 25.4 Å². The Morgan fingerprint density at radius 3 is 2.79 bits per heavy atom. The molecule has 1 unspecified atom stereocenters. The number of para-hydroxylation sites is 1. The van der Waals surface area contributed by atoms with E-state index in [0.29, 0.717) is 5.01 Å². The van der Waals surface area contributed by atoms with Crippen molar-refractivity contribution in [3.05, 3.63) is 52.1 Å². The number of thiazole rings is 1. The summed E-state index contributed by atoms with van der Waals surface area (Å²) in [5.74, 6) is -0.653. The fourth-order valence-corrected chi connectivity index (χ4v) is 3.55. The quantitative estimate of drug-likeness (QED) is 0.739. The molecule has 0 saturated carbocycles. The molecule has 0 spiro atoms. The molecule has 0 aliphatic rings. The Balaban J connectivity index is 2.11. The number of aryl methyl sites for hydroxylation is 1. The summed E-state index contributed by atoms with van der Waals surface area (Å²) in [4.78, 5) is 27.7. The fraction of sp³-hybridized carbons (Fsp3) is 0.235. The summed E-state index contributed by atoms with van der Waals surface area (Å²) >= 11 is 1.32. The summed E-state index contributed by atoms with van der Waals surface area (Å²) in [5.41, 5.74) is 2.25.